The third kappa shape index (κ3) is 6.41. The van der Waals surface area contributed by atoms with Gasteiger partial charge in [0.1, 0.15) is 0 Å². The van der Waals surface area contributed by atoms with Crippen LogP contribution in [0.15, 0.2) is 83.4 Å². The molecule has 5 rings (SSSR count). The molecule has 2 atom stereocenters. The smallest absolute Gasteiger partial charge is 0.253 e. The van der Waals surface area contributed by atoms with Crippen molar-refractivity contribution in [2.75, 3.05) is 18.4 Å². The first-order valence-electron chi connectivity index (χ1n) is 13.3. The van der Waals surface area contributed by atoms with Crippen LogP contribution in [0.2, 0.25) is 0 Å². The highest BCUT2D eigenvalue weighted by molar-refractivity contribution is 6.04. The zero-order valence-corrected chi connectivity index (χ0v) is 22.3. The molecule has 2 heterocycles. The maximum Gasteiger partial charge on any atom is 0.253 e. The number of aromatic nitrogens is 2. The summed E-state index contributed by atoms with van der Waals surface area (Å²) in [5, 5.41) is 10.2. The summed E-state index contributed by atoms with van der Waals surface area (Å²) in [5.74, 6) is 0.571. The van der Waals surface area contributed by atoms with Crippen molar-refractivity contribution in [3.63, 3.8) is 0 Å². The molecule has 0 radical (unpaired) electrons. The molecule has 1 aliphatic heterocycles. The fourth-order valence-corrected chi connectivity index (χ4v) is 4.98. The van der Waals surface area contributed by atoms with Gasteiger partial charge in [0.05, 0.1) is 29.8 Å². The number of nitrogens with one attached hydrogen (secondary N) is 2. The van der Waals surface area contributed by atoms with Crippen LogP contribution in [0.25, 0.3) is 11.4 Å². The maximum absolute atomic E-state index is 13.3. The van der Waals surface area contributed by atoms with Gasteiger partial charge in [0.2, 0.25) is 17.6 Å². The van der Waals surface area contributed by atoms with Gasteiger partial charge in [-0.1, -0.05) is 71.9 Å². The Labute approximate surface area is 228 Å². The van der Waals surface area contributed by atoms with E-state index in [9.17, 15) is 9.59 Å². The molecule has 200 valence electrons. The van der Waals surface area contributed by atoms with Crippen molar-refractivity contribution in [3.8, 4) is 11.4 Å². The number of carbonyl (C=O) groups is 2. The normalized spacial score (nSPS) is 16.4. The average molecular weight is 524 g/mol. The lowest BCUT2D eigenvalue weighted by Crippen LogP contribution is -2.40. The van der Waals surface area contributed by atoms with E-state index in [4.69, 9.17) is 4.52 Å². The highest BCUT2D eigenvalue weighted by Gasteiger charge is 2.28. The summed E-state index contributed by atoms with van der Waals surface area (Å²) in [7, 11) is 0. The Balaban J connectivity index is 1.21. The van der Waals surface area contributed by atoms with E-state index < -0.39 is 0 Å². The summed E-state index contributed by atoms with van der Waals surface area (Å²) >= 11 is 0. The third-order valence-corrected chi connectivity index (χ3v) is 7.17. The van der Waals surface area contributed by atoms with Crippen LogP contribution in [0.5, 0.6) is 0 Å². The second-order valence-corrected chi connectivity index (χ2v) is 10.0. The van der Waals surface area contributed by atoms with Crippen molar-refractivity contribution >= 4 is 17.5 Å². The number of hydrogen-bond donors (Lipinski definition) is 2. The second-order valence-electron chi connectivity index (χ2n) is 10.0. The van der Waals surface area contributed by atoms with Crippen LogP contribution in [0.3, 0.4) is 0 Å². The van der Waals surface area contributed by atoms with E-state index in [1.165, 1.54) is 0 Å². The Morgan fingerprint density at radius 1 is 1.03 bits per heavy atom. The first-order valence-corrected chi connectivity index (χ1v) is 13.3. The number of rotatable bonds is 8. The van der Waals surface area contributed by atoms with Gasteiger partial charge in [-0.05, 0) is 56.5 Å². The standard InChI is InChI=1S/C31H33N5O3/c1-21-11-6-7-15-25(21)29-34-28(39-35-29)20-36-18-10-14-24(19-36)30(37)33-27-17-9-8-16-26(27)31(38)32-22(2)23-12-4-3-5-13-23/h3-9,11-13,15-17,22,24H,10,14,18-20H2,1-2H3,(H,32,38)(H,33,37). The summed E-state index contributed by atoms with van der Waals surface area (Å²) in [5.41, 5.74) is 4.00. The van der Waals surface area contributed by atoms with Crippen LogP contribution >= 0.6 is 0 Å². The number of hydrogen-bond acceptors (Lipinski definition) is 6. The number of carbonyl (C=O) groups excluding carboxylic acids is 2. The molecule has 39 heavy (non-hydrogen) atoms. The van der Waals surface area contributed by atoms with Gasteiger partial charge in [0, 0.05) is 12.1 Å². The van der Waals surface area contributed by atoms with Gasteiger partial charge in [-0.3, -0.25) is 14.5 Å². The minimum Gasteiger partial charge on any atom is -0.345 e. The molecule has 2 unspecified atom stereocenters. The van der Waals surface area contributed by atoms with E-state index in [2.05, 4.69) is 25.7 Å². The summed E-state index contributed by atoms with van der Waals surface area (Å²) in [6, 6.07) is 24.7. The van der Waals surface area contributed by atoms with Crippen LogP contribution in [0.1, 0.15) is 53.2 Å². The SMILES string of the molecule is Cc1ccccc1-c1noc(CN2CCCC(C(=O)Nc3ccccc3C(=O)NC(C)c3ccccc3)C2)n1. The highest BCUT2D eigenvalue weighted by Crippen LogP contribution is 2.24. The number of amides is 2. The fourth-order valence-electron chi connectivity index (χ4n) is 4.98. The molecule has 0 aliphatic carbocycles. The summed E-state index contributed by atoms with van der Waals surface area (Å²) in [4.78, 5) is 33.1. The van der Waals surface area contributed by atoms with Crippen molar-refractivity contribution in [1.29, 1.82) is 0 Å². The predicted octanol–water partition coefficient (Wildman–Crippen LogP) is 5.39. The Morgan fingerprint density at radius 2 is 1.77 bits per heavy atom. The molecule has 1 aliphatic rings. The van der Waals surface area contributed by atoms with Gasteiger partial charge in [-0.2, -0.15) is 4.98 Å². The molecule has 8 nitrogen and oxygen atoms in total. The number of likely N-dealkylation sites (tertiary alicyclic amines) is 1. The van der Waals surface area contributed by atoms with E-state index in [-0.39, 0.29) is 23.8 Å². The van der Waals surface area contributed by atoms with Crippen molar-refractivity contribution in [1.82, 2.24) is 20.4 Å². The summed E-state index contributed by atoms with van der Waals surface area (Å²) in [6.45, 7) is 5.87. The Bertz CT molecular complexity index is 1430. The quantitative estimate of drug-likeness (QED) is 0.321. The van der Waals surface area contributed by atoms with Crippen LogP contribution in [0.4, 0.5) is 5.69 Å². The van der Waals surface area contributed by atoms with Crippen LogP contribution in [-0.2, 0) is 11.3 Å². The lowest BCUT2D eigenvalue weighted by Gasteiger charge is -2.31. The number of nitrogens with zero attached hydrogens (tertiary/aromatic N) is 3. The Morgan fingerprint density at radius 3 is 2.59 bits per heavy atom. The number of benzene rings is 3. The molecule has 0 spiro atoms. The van der Waals surface area contributed by atoms with E-state index >= 15 is 0 Å². The lowest BCUT2D eigenvalue weighted by molar-refractivity contribution is -0.121. The van der Waals surface area contributed by atoms with Gasteiger partial charge in [0.15, 0.2) is 0 Å². The molecular weight excluding hydrogens is 490 g/mol. The van der Waals surface area contributed by atoms with Gasteiger partial charge in [0.25, 0.3) is 5.91 Å². The maximum atomic E-state index is 13.3. The highest BCUT2D eigenvalue weighted by atomic mass is 16.5. The zero-order valence-electron chi connectivity index (χ0n) is 22.3. The van der Waals surface area contributed by atoms with E-state index in [0.717, 1.165) is 36.1 Å². The summed E-state index contributed by atoms with van der Waals surface area (Å²) < 4.78 is 5.53. The molecule has 1 saturated heterocycles. The number of aryl methyl sites for hydroxylation is 1. The average Bonchev–Trinajstić information content (AvgIpc) is 3.42. The molecule has 2 N–H and O–H groups in total. The lowest BCUT2D eigenvalue weighted by atomic mass is 9.96. The Hall–Kier alpha value is -4.30. The second kappa shape index (κ2) is 12.0. The number of anilines is 1. The van der Waals surface area contributed by atoms with Crippen LogP contribution < -0.4 is 10.6 Å². The summed E-state index contributed by atoms with van der Waals surface area (Å²) in [6.07, 6.45) is 1.66. The molecule has 2 amide bonds. The topological polar surface area (TPSA) is 100 Å². The van der Waals surface area contributed by atoms with E-state index in [1.807, 2.05) is 74.5 Å². The van der Waals surface area contributed by atoms with E-state index in [1.54, 1.807) is 18.2 Å². The number of piperidine rings is 1. The molecule has 1 fully saturated rings. The monoisotopic (exact) mass is 523 g/mol. The minimum absolute atomic E-state index is 0.0952. The van der Waals surface area contributed by atoms with Gasteiger partial charge >= 0.3 is 0 Å². The number of para-hydroxylation sites is 1. The van der Waals surface area contributed by atoms with Gasteiger partial charge in [-0.15, -0.1) is 0 Å². The third-order valence-electron chi connectivity index (χ3n) is 7.17. The molecule has 0 bridgehead atoms. The zero-order chi connectivity index (χ0) is 27.2. The Kier molecular flexibility index (Phi) is 8.13. The predicted molar refractivity (Wildman–Crippen MR) is 150 cm³/mol. The van der Waals surface area contributed by atoms with E-state index in [0.29, 0.717) is 36.1 Å². The van der Waals surface area contributed by atoms with Crippen LogP contribution in [0, 0.1) is 12.8 Å². The van der Waals surface area contributed by atoms with Crippen molar-refractivity contribution < 1.29 is 14.1 Å². The first kappa shape index (κ1) is 26.3. The van der Waals surface area contributed by atoms with Gasteiger partial charge in [-0.25, -0.2) is 0 Å². The molecule has 4 aromatic rings. The molecule has 8 heteroatoms. The molecular formula is C31H33N5O3. The largest absolute Gasteiger partial charge is 0.345 e. The molecule has 0 saturated carbocycles. The van der Waals surface area contributed by atoms with Crippen molar-refractivity contribution in [2.24, 2.45) is 5.92 Å². The first-order chi connectivity index (χ1) is 19.0. The molecule has 3 aromatic carbocycles. The van der Waals surface area contributed by atoms with Crippen molar-refractivity contribution in [2.45, 2.75) is 39.3 Å². The van der Waals surface area contributed by atoms with Gasteiger partial charge < -0.3 is 15.2 Å². The fraction of sp³-hybridized carbons (Fsp3) is 0.290. The van der Waals surface area contributed by atoms with Crippen LogP contribution in [-0.4, -0.2) is 39.9 Å². The molecule has 1 aromatic heterocycles. The minimum atomic E-state index is -0.228. The van der Waals surface area contributed by atoms with Crippen molar-refractivity contribution in [3.05, 3.63) is 101 Å².